The van der Waals surface area contributed by atoms with Crippen LogP contribution in [0, 0.1) is 0 Å². The number of hydrogen-bond donors (Lipinski definition) is 3. The number of carboxylic acid groups (broad SMARTS) is 1. The lowest BCUT2D eigenvalue weighted by Gasteiger charge is -2.25. The van der Waals surface area contributed by atoms with Gasteiger partial charge in [-0.2, -0.15) is 0 Å². The van der Waals surface area contributed by atoms with Crippen molar-refractivity contribution in [1.82, 2.24) is 5.32 Å². The van der Waals surface area contributed by atoms with E-state index in [1.54, 1.807) is 19.1 Å². The molecular weight excluding hydrogens is 600 g/mol. The molecule has 4 aromatic rings. The highest BCUT2D eigenvalue weighted by molar-refractivity contribution is 9.10. The quantitative estimate of drug-likeness (QED) is 0.182. The molecule has 0 fully saturated rings. The number of fused-ring (bicyclic) bond motifs is 3. The summed E-state index contributed by atoms with van der Waals surface area (Å²) in [5.41, 5.74) is 5.20. The Morgan fingerprint density at radius 3 is 2.12 bits per heavy atom. The van der Waals surface area contributed by atoms with Crippen molar-refractivity contribution in [2.45, 2.75) is 31.6 Å². The minimum absolute atomic E-state index is 0.0703. The van der Waals surface area contributed by atoms with Crippen molar-refractivity contribution >= 4 is 39.6 Å². The molecule has 0 heterocycles. The van der Waals surface area contributed by atoms with Gasteiger partial charge in [0.25, 0.3) is 0 Å². The van der Waals surface area contributed by atoms with E-state index < -0.39 is 30.1 Å². The second-order valence-electron chi connectivity index (χ2n) is 9.91. The van der Waals surface area contributed by atoms with Gasteiger partial charge >= 0.3 is 12.1 Å². The van der Waals surface area contributed by atoms with Crippen LogP contribution in [0.1, 0.15) is 39.9 Å². The molecule has 2 atom stereocenters. The van der Waals surface area contributed by atoms with E-state index in [1.807, 2.05) is 78.9 Å². The first-order valence-electron chi connectivity index (χ1n) is 13.4. The molecule has 5 rings (SSSR count). The zero-order valence-electron chi connectivity index (χ0n) is 22.8. The van der Waals surface area contributed by atoms with Crippen LogP contribution >= 0.6 is 15.9 Å². The highest BCUT2D eigenvalue weighted by atomic mass is 79.9. The molecular formula is C33H29BrN2O6. The highest BCUT2D eigenvalue weighted by Gasteiger charge is 2.32. The Morgan fingerprint density at radius 2 is 1.48 bits per heavy atom. The molecule has 0 bridgehead atoms. The molecule has 8 nitrogen and oxygen atoms in total. The Morgan fingerprint density at radius 1 is 0.857 bits per heavy atom. The first-order valence-corrected chi connectivity index (χ1v) is 14.2. The fourth-order valence-electron chi connectivity index (χ4n) is 5.09. The fraction of sp³-hybridized carbons (Fsp3) is 0.182. The predicted molar refractivity (Wildman–Crippen MR) is 162 cm³/mol. The Bertz CT molecular complexity index is 1560. The molecule has 1 aliphatic rings. The lowest BCUT2D eigenvalue weighted by molar-refractivity contribution is -0.121. The lowest BCUT2D eigenvalue weighted by Crippen LogP contribution is -2.51. The van der Waals surface area contributed by atoms with Crippen molar-refractivity contribution in [3.63, 3.8) is 0 Å². The van der Waals surface area contributed by atoms with Crippen molar-refractivity contribution in [2.24, 2.45) is 0 Å². The van der Waals surface area contributed by atoms with E-state index >= 15 is 0 Å². The molecule has 0 radical (unpaired) electrons. The summed E-state index contributed by atoms with van der Waals surface area (Å²) in [6, 6.07) is 28.8. The van der Waals surface area contributed by atoms with E-state index in [4.69, 9.17) is 9.47 Å². The van der Waals surface area contributed by atoms with Crippen molar-refractivity contribution in [1.29, 1.82) is 0 Å². The Labute approximate surface area is 251 Å². The van der Waals surface area contributed by atoms with Gasteiger partial charge in [0.05, 0.1) is 24.0 Å². The SMILES string of the molecule is C[C@H](OCc1ccccc1)[C@@H](NC(=O)OCC1c2ccccc2-c2ccccc21)C(=O)Nc1c(Br)cccc1C(=O)O. The minimum atomic E-state index is -1.21. The average molecular weight is 630 g/mol. The summed E-state index contributed by atoms with van der Waals surface area (Å²) >= 11 is 3.31. The number of rotatable bonds is 10. The Hall–Kier alpha value is -4.47. The van der Waals surface area contributed by atoms with Crippen molar-refractivity contribution < 1.29 is 29.0 Å². The van der Waals surface area contributed by atoms with Gasteiger partial charge in [0.2, 0.25) is 5.91 Å². The number of amides is 2. The summed E-state index contributed by atoms with van der Waals surface area (Å²) in [6.45, 7) is 1.93. The van der Waals surface area contributed by atoms with Gasteiger partial charge in [-0.15, -0.1) is 0 Å². The number of aromatic carboxylic acids is 1. The number of halogens is 1. The summed E-state index contributed by atoms with van der Waals surface area (Å²) in [4.78, 5) is 38.5. The number of carboxylic acids is 1. The first-order chi connectivity index (χ1) is 20.3. The monoisotopic (exact) mass is 628 g/mol. The number of nitrogens with one attached hydrogen (secondary N) is 2. The third-order valence-electron chi connectivity index (χ3n) is 7.22. The average Bonchev–Trinajstić information content (AvgIpc) is 3.32. The lowest BCUT2D eigenvalue weighted by atomic mass is 9.98. The minimum Gasteiger partial charge on any atom is -0.478 e. The van der Waals surface area contributed by atoms with Crippen LogP contribution in [0.5, 0.6) is 0 Å². The number of hydrogen-bond acceptors (Lipinski definition) is 5. The summed E-state index contributed by atoms with van der Waals surface area (Å²) in [5.74, 6) is -2.01. The molecule has 3 N–H and O–H groups in total. The third-order valence-corrected chi connectivity index (χ3v) is 7.88. The number of benzene rings is 4. The number of carbonyl (C=O) groups excluding carboxylic acids is 2. The van der Waals surface area contributed by atoms with Gasteiger partial charge in [0.15, 0.2) is 0 Å². The maximum absolute atomic E-state index is 13.5. The first kappa shape index (κ1) is 29.0. The summed E-state index contributed by atoms with van der Waals surface area (Å²) < 4.78 is 12.0. The molecule has 2 amide bonds. The van der Waals surface area contributed by atoms with Gasteiger partial charge in [0.1, 0.15) is 12.6 Å². The molecule has 0 unspecified atom stereocenters. The third kappa shape index (κ3) is 6.37. The molecule has 0 aliphatic heterocycles. The van der Waals surface area contributed by atoms with Crippen LogP contribution in [-0.4, -0.2) is 41.8 Å². The van der Waals surface area contributed by atoms with Crippen molar-refractivity contribution in [2.75, 3.05) is 11.9 Å². The van der Waals surface area contributed by atoms with Gasteiger partial charge in [-0.1, -0.05) is 84.9 Å². The number of alkyl carbamates (subject to hydrolysis) is 1. The standard InChI is InChI=1S/C33H29BrN2O6/c1-20(41-18-21-10-3-2-4-11-21)29(31(37)35-30-26(32(38)39)16-9-17-28(30)34)36-33(40)42-19-27-24-14-7-5-12-22(24)23-13-6-8-15-25(23)27/h2-17,20,27,29H,18-19H2,1H3,(H,35,37)(H,36,40)(H,38,39)/t20-,29+/m0/s1. The summed E-state index contributed by atoms with van der Waals surface area (Å²) in [6.07, 6.45) is -1.58. The van der Waals surface area contributed by atoms with Crippen molar-refractivity contribution in [3.8, 4) is 11.1 Å². The van der Waals surface area contributed by atoms with Gasteiger partial charge in [-0.25, -0.2) is 9.59 Å². The normalized spacial score (nSPS) is 13.4. The molecule has 42 heavy (non-hydrogen) atoms. The smallest absolute Gasteiger partial charge is 0.407 e. The van der Waals surface area contributed by atoms with Crippen molar-refractivity contribution in [3.05, 3.63) is 124 Å². The van der Waals surface area contributed by atoms with E-state index in [9.17, 15) is 19.5 Å². The molecule has 0 saturated carbocycles. The van der Waals surface area contributed by atoms with Crippen LogP contribution in [0.3, 0.4) is 0 Å². The Kier molecular flexibility index (Phi) is 9.00. The van der Waals surface area contributed by atoms with Gasteiger partial charge in [0, 0.05) is 10.4 Å². The maximum Gasteiger partial charge on any atom is 0.407 e. The predicted octanol–water partition coefficient (Wildman–Crippen LogP) is 6.60. The van der Waals surface area contributed by atoms with E-state index in [0.717, 1.165) is 27.8 Å². The second kappa shape index (κ2) is 13.0. The van der Waals surface area contributed by atoms with Crippen LogP contribution in [0.4, 0.5) is 10.5 Å². The van der Waals surface area contributed by atoms with Gasteiger partial charge in [-0.05, 0) is 62.8 Å². The molecule has 4 aromatic carbocycles. The van der Waals surface area contributed by atoms with Gasteiger partial charge < -0.3 is 25.2 Å². The van der Waals surface area contributed by atoms with E-state index in [2.05, 4.69) is 26.6 Å². The number of para-hydroxylation sites is 1. The summed E-state index contributed by atoms with van der Waals surface area (Å²) in [5, 5.41) is 14.9. The van der Waals surface area contributed by atoms with Gasteiger partial charge in [-0.3, -0.25) is 4.79 Å². The van der Waals surface area contributed by atoms with E-state index in [0.29, 0.717) is 4.47 Å². The Balaban J connectivity index is 1.32. The van der Waals surface area contributed by atoms with Crippen LogP contribution in [0.15, 0.2) is 102 Å². The molecule has 9 heteroatoms. The van der Waals surface area contributed by atoms with Crippen LogP contribution in [0.2, 0.25) is 0 Å². The molecule has 214 valence electrons. The zero-order valence-corrected chi connectivity index (χ0v) is 24.3. The molecule has 0 saturated heterocycles. The second-order valence-corrected chi connectivity index (χ2v) is 10.8. The fourth-order valence-corrected chi connectivity index (χ4v) is 5.56. The van der Waals surface area contributed by atoms with Crippen LogP contribution in [-0.2, 0) is 20.9 Å². The highest BCUT2D eigenvalue weighted by Crippen LogP contribution is 2.44. The van der Waals surface area contributed by atoms with Crippen LogP contribution in [0.25, 0.3) is 11.1 Å². The topological polar surface area (TPSA) is 114 Å². The largest absolute Gasteiger partial charge is 0.478 e. The van der Waals surface area contributed by atoms with E-state index in [-0.39, 0.29) is 30.4 Å². The number of anilines is 1. The molecule has 1 aliphatic carbocycles. The van der Waals surface area contributed by atoms with E-state index in [1.165, 1.54) is 6.07 Å². The summed E-state index contributed by atoms with van der Waals surface area (Å²) in [7, 11) is 0. The zero-order chi connectivity index (χ0) is 29.6. The van der Waals surface area contributed by atoms with Crippen LogP contribution < -0.4 is 10.6 Å². The number of carbonyl (C=O) groups is 3. The number of ether oxygens (including phenoxy) is 2. The molecule has 0 aromatic heterocycles. The molecule has 0 spiro atoms. The maximum atomic E-state index is 13.5.